The van der Waals surface area contributed by atoms with E-state index in [2.05, 4.69) is 16.7 Å². The third-order valence-corrected chi connectivity index (χ3v) is 6.41. The van der Waals surface area contributed by atoms with Gasteiger partial charge in [-0.05, 0) is 30.7 Å². The first kappa shape index (κ1) is 15.8. The normalized spacial score (nSPS) is 28.6. The zero-order chi connectivity index (χ0) is 15.7. The molecule has 3 rings (SSSR count). The van der Waals surface area contributed by atoms with Crippen molar-refractivity contribution in [3.05, 3.63) is 29.8 Å². The van der Waals surface area contributed by atoms with E-state index in [9.17, 15) is 13.5 Å². The minimum absolute atomic E-state index is 0.0765. The Labute approximate surface area is 132 Å². The van der Waals surface area contributed by atoms with Gasteiger partial charge in [0, 0.05) is 31.7 Å². The minimum Gasteiger partial charge on any atom is -0.508 e. The lowest BCUT2D eigenvalue weighted by Gasteiger charge is -2.44. The van der Waals surface area contributed by atoms with Crippen LogP contribution in [0.5, 0.6) is 5.75 Å². The molecule has 2 aliphatic heterocycles. The van der Waals surface area contributed by atoms with Crippen molar-refractivity contribution in [1.29, 1.82) is 0 Å². The number of fused-ring (bicyclic) bond motifs is 1. The number of nitrogens with zero attached hydrogens (tertiary/aromatic N) is 2. The summed E-state index contributed by atoms with van der Waals surface area (Å²) in [5.74, 6) is 0.808. The summed E-state index contributed by atoms with van der Waals surface area (Å²) >= 11 is 0. The van der Waals surface area contributed by atoms with Crippen molar-refractivity contribution in [3.63, 3.8) is 0 Å². The molecule has 22 heavy (non-hydrogen) atoms. The van der Waals surface area contributed by atoms with Gasteiger partial charge in [-0.3, -0.25) is 9.80 Å². The Kier molecular flexibility index (Phi) is 4.43. The molecule has 2 fully saturated rings. The van der Waals surface area contributed by atoms with Gasteiger partial charge in [0.1, 0.15) is 5.75 Å². The molecule has 0 bridgehead atoms. The third kappa shape index (κ3) is 3.29. The summed E-state index contributed by atoms with van der Waals surface area (Å²) in [6, 6.07) is 7.43. The molecule has 2 atom stereocenters. The average Bonchev–Trinajstić information content (AvgIpc) is 2.78. The molecule has 1 aromatic rings. The number of aromatic hydroxyl groups is 1. The van der Waals surface area contributed by atoms with E-state index in [4.69, 9.17) is 0 Å². The Bertz CT molecular complexity index is 632. The molecule has 1 aromatic carbocycles. The summed E-state index contributed by atoms with van der Waals surface area (Å²) < 4.78 is 24.2. The number of hydrogen-bond donors (Lipinski definition) is 1. The molecule has 0 amide bonds. The van der Waals surface area contributed by atoms with Crippen molar-refractivity contribution < 1.29 is 13.5 Å². The minimum atomic E-state index is -2.95. The maximum Gasteiger partial charge on any atom is 0.153 e. The summed E-state index contributed by atoms with van der Waals surface area (Å²) in [6.07, 6.45) is 1.05. The van der Waals surface area contributed by atoms with Crippen LogP contribution in [-0.2, 0) is 16.4 Å². The summed E-state index contributed by atoms with van der Waals surface area (Å²) in [5, 5.41) is 9.60. The van der Waals surface area contributed by atoms with Crippen molar-refractivity contribution in [2.75, 3.05) is 31.1 Å². The van der Waals surface area contributed by atoms with Gasteiger partial charge in [-0.15, -0.1) is 0 Å². The Hall–Kier alpha value is -1.11. The Morgan fingerprint density at radius 3 is 2.55 bits per heavy atom. The van der Waals surface area contributed by atoms with E-state index in [0.717, 1.165) is 31.6 Å². The second-order valence-electron chi connectivity index (χ2n) is 6.39. The smallest absolute Gasteiger partial charge is 0.153 e. The van der Waals surface area contributed by atoms with E-state index in [1.54, 1.807) is 12.1 Å². The molecule has 0 aromatic heterocycles. The maximum absolute atomic E-state index is 12.1. The zero-order valence-electron chi connectivity index (χ0n) is 13.0. The molecule has 1 N–H and O–H groups in total. The van der Waals surface area contributed by atoms with Crippen LogP contribution in [0.3, 0.4) is 0 Å². The summed E-state index contributed by atoms with van der Waals surface area (Å²) in [7, 11) is -2.95. The fraction of sp³-hybridized carbons (Fsp3) is 0.625. The number of hydrogen-bond acceptors (Lipinski definition) is 5. The summed E-state index contributed by atoms with van der Waals surface area (Å²) in [6.45, 7) is 5.61. The third-order valence-electron chi connectivity index (χ3n) is 4.71. The largest absolute Gasteiger partial charge is 0.508 e. The molecule has 0 aliphatic carbocycles. The molecular formula is C16H24N2O3S. The number of benzene rings is 1. The predicted molar refractivity (Wildman–Crippen MR) is 86.6 cm³/mol. The first-order valence-corrected chi connectivity index (χ1v) is 9.77. The molecule has 122 valence electrons. The number of rotatable bonds is 4. The highest BCUT2D eigenvalue weighted by Crippen LogP contribution is 2.28. The summed E-state index contributed by atoms with van der Waals surface area (Å²) in [5.41, 5.74) is 1.03. The molecule has 2 heterocycles. The van der Waals surface area contributed by atoms with Gasteiger partial charge in [-0.2, -0.15) is 0 Å². The van der Waals surface area contributed by atoms with E-state index in [0.29, 0.717) is 6.54 Å². The van der Waals surface area contributed by atoms with Crippen molar-refractivity contribution in [2.24, 2.45) is 0 Å². The van der Waals surface area contributed by atoms with Gasteiger partial charge in [0.05, 0.1) is 11.5 Å². The van der Waals surface area contributed by atoms with E-state index in [1.807, 2.05) is 12.1 Å². The molecule has 0 spiro atoms. The van der Waals surface area contributed by atoms with Gasteiger partial charge in [-0.1, -0.05) is 19.1 Å². The van der Waals surface area contributed by atoms with Crippen LogP contribution in [0.15, 0.2) is 24.3 Å². The molecule has 0 radical (unpaired) electrons. The van der Waals surface area contributed by atoms with Gasteiger partial charge in [0.2, 0.25) is 0 Å². The zero-order valence-corrected chi connectivity index (χ0v) is 13.8. The second kappa shape index (κ2) is 6.18. The van der Waals surface area contributed by atoms with E-state index >= 15 is 0 Å². The van der Waals surface area contributed by atoms with Crippen LogP contribution in [0.25, 0.3) is 0 Å². The Morgan fingerprint density at radius 2 is 1.86 bits per heavy atom. The lowest BCUT2D eigenvalue weighted by atomic mass is 10.0. The number of phenols is 1. The summed E-state index contributed by atoms with van der Waals surface area (Å²) in [4.78, 5) is 4.62. The van der Waals surface area contributed by atoms with Crippen molar-refractivity contribution in [1.82, 2.24) is 9.80 Å². The van der Waals surface area contributed by atoms with E-state index in [-0.39, 0.29) is 29.3 Å². The first-order valence-electron chi connectivity index (χ1n) is 7.95. The molecule has 5 nitrogen and oxygen atoms in total. The molecule has 2 unspecified atom stereocenters. The highest BCUT2D eigenvalue weighted by molar-refractivity contribution is 7.91. The van der Waals surface area contributed by atoms with Crippen LogP contribution < -0.4 is 0 Å². The van der Waals surface area contributed by atoms with Crippen LogP contribution in [0.4, 0.5) is 0 Å². The molecule has 2 saturated heterocycles. The molecular weight excluding hydrogens is 300 g/mol. The fourth-order valence-electron chi connectivity index (χ4n) is 3.75. The van der Waals surface area contributed by atoms with Gasteiger partial charge in [0.15, 0.2) is 9.84 Å². The highest BCUT2D eigenvalue weighted by atomic mass is 32.2. The monoisotopic (exact) mass is 324 g/mol. The number of sulfone groups is 1. The van der Waals surface area contributed by atoms with Gasteiger partial charge in [-0.25, -0.2) is 8.42 Å². The predicted octanol–water partition coefficient (Wildman–Crippen LogP) is 1.09. The van der Waals surface area contributed by atoms with Gasteiger partial charge >= 0.3 is 0 Å². The van der Waals surface area contributed by atoms with E-state index < -0.39 is 9.84 Å². The quantitative estimate of drug-likeness (QED) is 0.898. The van der Waals surface area contributed by atoms with Crippen LogP contribution in [-0.4, -0.2) is 66.5 Å². The van der Waals surface area contributed by atoms with Crippen LogP contribution in [0.2, 0.25) is 0 Å². The van der Waals surface area contributed by atoms with Gasteiger partial charge in [0.25, 0.3) is 0 Å². The first-order chi connectivity index (χ1) is 10.5. The number of piperazine rings is 1. The second-order valence-corrected chi connectivity index (χ2v) is 8.54. The van der Waals surface area contributed by atoms with Gasteiger partial charge < -0.3 is 5.11 Å². The Balaban J connectivity index is 1.78. The van der Waals surface area contributed by atoms with Crippen molar-refractivity contribution in [3.8, 4) is 5.75 Å². The van der Waals surface area contributed by atoms with E-state index in [1.165, 1.54) is 0 Å². The molecule has 0 saturated carbocycles. The van der Waals surface area contributed by atoms with Crippen molar-refractivity contribution in [2.45, 2.75) is 32.0 Å². The Morgan fingerprint density at radius 1 is 1.18 bits per heavy atom. The number of phenolic OH excluding ortho intramolecular Hbond substituents is 1. The average molecular weight is 324 g/mol. The van der Waals surface area contributed by atoms with Crippen LogP contribution in [0.1, 0.15) is 18.9 Å². The fourth-order valence-corrected chi connectivity index (χ4v) is 5.79. The lowest BCUT2D eigenvalue weighted by molar-refractivity contribution is 0.0405. The molecule has 6 heteroatoms. The molecule has 2 aliphatic rings. The lowest BCUT2D eigenvalue weighted by Crippen LogP contribution is -2.58. The van der Waals surface area contributed by atoms with Crippen molar-refractivity contribution >= 4 is 9.84 Å². The SMILES string of the molecule is CCCN1CCN(Cc2cccc(O)c2)C2CS(=O)(=O)CC21. The highest BCUT2D eigenvalue weighted by Gasteiger charge is 2.46. The van der Waals surface area contributed by atoms with Crippen LogP contribution >= 0.6 is 0 Å². The maximum atomic E-state index is 12.1. The van der Waals surface area contributed by atoms with Crippen LogP contribution in [0, 0.1) is 0 Å². The standard InChI is InChI=1S/C16H24N2O3S/c1-2-6-17-7-8-18(10-13-4-3-5-14(19)9-13)16-12-22(20,21)11-15(16)17/h3-5,9,15-16,19H,2,6-8,10-12H2,1H3. The topological polar surface area (TPSA) is 60.9 Å².